The van der Waals surface area contributed by atoms with E-state index in [0.29, 0.717) is 24.2 Å². The zero-order valence-electron chi connectivity index (χ0n) is 17.6. The van der Waals surface area contributed by atoms with E-state index in [2.05, 4.69) is 13.2 Å². The smallest absolute Gasteiger partial charge is 0.259 e. The third-order valence-corrected chi connectivity index (χ3v) is 5.90. The molecule has 0 saturated heterocycles. The highest BCUT2D eigenvalue weighted by Gasteiger charge is 2.34. The van der Waals surface area contributed by atoms with Gasteiger partial charge in [-0.2, -0.15) is 0 Å². The van der Waals surface area contributed by atoms with Crippen LogP contribution in [0.25, 0.3) is 11.1 Å². The Morgan fingerprint density at radius 1 is 0.625 bits per heavy atom. The number of nitrogens with zero attached hydrogens (tertiary/aromatic N) is 2. The molecule has 4 nitrogen and oxygen atoms in total. The molecule has 3 aromatic rings. The van der Waals surface area contributed by atoms with E-state index >= 15 is 0 Å². The van der Waals surface area contributed by atoms with Crippen molar-refractivity contribution in [2.45, 2.75) is 0 Å². The first-order chi connectivity index (χ1) is 15.7. The number of carbonyl (C=O) groups excluding carboxylic acids is 2. The molecule has 4 heteroatoms. The van der Waals surface area contributed by atoms with E-state index in [1.54, 1.807) is 22.0 Å². The van der Waals surface area contributed by atoms with Gasteiger partial charge in [0.1, 0.15) is 0 Å². The second-order valence-electron chi connectivity index (χ2n) is 7.78. The lowest BCUT2D eigenvalue weighted by Gasteiger charge is -2.18. The maximum absolute atomic E-state index is 13.4. The fourth-order valence-electron chi connectivity index (χ4n) is 4.53. The normalized spacial score (nSPS) is 14.6. The van der Waals surface area contributed by atoms with E-state index in [-0.39, 0.29) is 11.8 Å². The molecule has 2 aliphatic rings. The Morgan fingerprint density at radius 3 is 1.34 bits per heavy atom. The Hall–Kier alpha value is -4.18. The lowest BCUT2D eigenvalue weighted by atomic mass is 10.0. The highest BCUT2D eigenvalue weighted by Crippen LogP contribution is 2.30. The maximum Gasteiger partial charge on any atom is 0.259 e. The average Bonchev–Trinajstić information content (AvgIpc) is 3.24. The topological polar surface area (TPSA) is 40.6 Å². The van der Waals surface area contributed by atoms with Crippen molar-refractivity contribution < 1.29 is 9.59 Å². The van der Waals surface area contributed by atoms with Gasteiger partial charge in [0, 0.05) is 23.5 Å². The molecule has 0 saturated carbocycles. The van der Waals surface area contributed by atoms with E-state index in [9.17, 15) is 9.59 Å². The van der Waals surface area contributed by atoms with Crippen molar-refractivity contribution in [2.75, 3.05) is 22.9 Å². The molecule has 0 aliphatic carbocycles. The summed E-state index contributed by atoms with van der Waals surface area (Å²) in [6, 6.07) is 23.3. The minimum atomic E-state index is -0.0577. The molecule has 2 amide bonds. The summed E-state index contributed by atoms with van der Waals surface area (Å²) in [4.78, 5) is 30.3. The van der Waals surface area contributed by atoms with Crippen LogP contribution in [0.3, 0.4) is 0 Å². The van der Waals surface area contributed by atoms with Crippen molar-refractivity contribution >= 4 is 34.3 Å². The van der Waals surface area contributed by atoms with Crippen LogP contribution in [0.4, 0.5) is 11.4 Å². The fraction of sp³-hybridized carbons (Fsp3) is 0.0714. The van der Waals surface area contributed by atoms with Crippen LogP contribution in [0.1, 0.15) is 11.1 Å². The summed E-state index contributed by atoms with van der Waals surface area (Å²) in [6.45, 7) is 8.45. The van der Waals surface area contributed by atoms with E-state index in [1.165, 1.54) is 0 Å². The van der Waals surface area contributed by atoms with Crippen LogP contribution >= 0.6 is 0 Å². The Bertz CT molecular complexity index is 1280. The molecule has 0 aromatic heterocycles. The molecular weight excluding hydrogens is 396 g/mol. The second-order valence-corrected chi connectivity index (χ2v) is 7.78. The summed E-state index contributed by atoms with van der Waals surface area (Å²) in [5, 5.41) is 1.66. The molecule has 156 valence electrons. The molecule has 3 aromatic carbocycles. The van der Waals surface area contributed by atoms with Gasteiger partial charge < -0.3 is 9.80 Å². The molecule has 2 heterocycles. The Labute approximate surface area is 186 Å². The van der Waals surface area contributed by atoms with Crippen LogP contribution in [-0.2, 0) is 9.59 Å². The predicted molar refractivity (Wildman–Crippen MR) is 129 cm³/mol. The van der Waals surface area contributed by atoms with E-state index in [4.69, 9.17) is 0 Å². The number of fused-ring (bicyclic) bond motifs is 2. The summed E-state index contributed by atoms with van der Waals surface area (Å²) in [7, 11) is 0. The number of hydrogen-bond donors (Lipinski definition) is 0. The molecule has 0 N–H and O–H groups in total. The van der Waals surface area contributed by atoms with E-state index in [1.807, 2.05) is 72.8 Å². The van der Waals surface area contributed by atoms with Crippen molar-refractivity contribution in [3.63, 3.8) is 0 Å². The van der Waals surface area contributed by atoms with Crippen LogP contribution in [0.15, 0.2) is 98.1 Å². The highest BCUT2D eigenvalue weighted by atomic mass is 16.2. The quantitative estimate of drug-likeness (QED) is 0.577. The highest BCUT2D eigenvalue weighted by molar-refractivity contribution is 6.32. The minimum absolute atomic E-state index is 0.0577. The van der Waals surface area contributed by atoms with Gasteiger partial charge in [-0.15, -0.1) is 13.2 Å². The zero-order chi connectivity index (χ0) is 22.2. The van der Waals surface area contributed by atoms with Gasteiger partial charge in [0.2, 0.25) is 0 Å². The van der Waals surface area contributed by atoms with E-state index < -0.39 is 0 Å². The maximum atomic E-state index is 13.4. The number of hydrogen-bond acceptors (Lipinski definition) is 2. The van der Waals surface area contributed by atoms with Gasteiger partial charge in [-0.1, -0.05) is 72.8 Å². The Kier molecular flexibility index (Phi) is 4.83. The number of anilines is 2. The summed E-state index contributed by atoms with van der Waals surface area (Å²) in [5.41, 5.74) is 4.60. The van der Waals surface area contributed by atoms with Crippen molar-refractivity contribution in [1.29, 1.82) is 0 Å². The lowest BCUT2D eigenvalue weighted by Crippen LogP contribution is -2.30. The number of rotatable bonds is 6. The van der Waals surface area contributed by atoms with Gasteiger partial charge in [0.15, 0.2) is 0 Å². The predicted octanol–water partition coefficient (Wildman–Crippen LogP) is 3.15. The largest absolute Gasteiger partial charge is 0.304 e. The van der Waals surface area contributed by atoms with Crippen LogP contribution in [0, 0.1) is 0 Å². The first kappa shape index (κ1) is 19.8. The second kappa shape index (κ2) is 7.82. The molecular formula is C28H22N2O2. The number of carbonyl (C=O) groups is 2. The van der Waals surface area contributed by atoms with Crippen molar-refractivity contribution in [1.82, 2.24) is 0 Å². The van der Waals surface area contributed by atoms with Gasteiger partial charge >= 0.3 is 0 Å². The molecule has 0 bridgehead atoms. The molecule has 0 radical (unpaired) electrons. The number of benzene rings is 3. The van der Waals surface area contributed by atoms with Crippen molar-refractivity contribution in [2.24, 2.45) is 0 Å². The molecule has 32 heavy (non-hydrogen) atoms. The average molecular weight is 418 g/mol. The first-order valence-corrected chi connectivity index (χ1v) is 10.5. The standard InChI is InChI=1S/C28H22N2O2/c1-3-15-29-23-17-22-24(18-21(23)25(27(29)31)19-11-7-5-8-12-19)30(16-4-2)28(32)26(22)20-13-9-6-10-14-20/h3-14,17-18H,1-2,15-16H2. The zero-order valence-corrected chi connectivity index (χ0v) is 17.6. The third kappa shape index (κ3) is 2.92. The third-order valence-electron chi connectivity index (χ3n) is 5.90. The summed E-state index contributed by atoms with van der Waals surface area (Å²) in [5.74, 6) is -0.115. The van der Waals surface area contributed by atoms with Gasteiger partial charge in [-0.25, -0.2) is 0 Å². The molecule has 5 rings (SSSR count). The van der Waals surface area contributed by atoms with Crippen LogP contribution in [0.2, 0.25) is 0 Å². The summed E-state index contributed by atoms with van der Waals surface area (Å²) in [6.07, 6.45) is 3.44. The van der Waals surface area contributed by atoms with Crippen LogP contribution < -0.4 is 20.2 Å². The monoisotopic (exact) mass is 418 g/mol. The van der Waals surface area contributed by atoms with Crippen molar-refractivity contribution in [3.8, 4) is 0 Å². The molecule has 2 aliphatic heterocycles. The van der Waals surface area contributed by atoms with Gasteiger partial charge in [-0.3, -0.25) is 9.59 Å². The SMILES string of the molecule is C=CCN1C(=O)C(c2ccccc2)=c2cc3c(cc21)=C(c1ccccc1)C(=O)N3CC=C. The fourth-order valence-corrected chi connectivity index (χ4v) is 4.53. The van der Waals surface area contributed by atoms with Gasteiger partial charge in [0.05, 0.1) is 22.5 Å². The Balaban J connectivity index is 1.87. The first-order valence-electron chi connectivity index (χ1n) is 10.5. The lowest BCUT2D eigenvalue weighted by molar-refractivity contribution is -0.113. The van der Waals surface area contributed by atoms with Gasteiger partial charge in [0.25, 0.3) is 11.8 Å². The van der Waals surface area contributed by atoms with E-state index in [0.717, 1.165) is 32.9 Å². The number of amides is 2. The Morgan fingerprint density at radius 2 is 1.00 bits per heavy atom. The van der Waals surface area contributed by atoms with Gasteiger partial charge in [-0.05, 0) is 23.3 Å². The van der Waals surface area contributed by atoms with Crippen molar-refractivity contribution in [3.05, 3.63) is 120 Å². The molecule has 0 unspecified atom stereocenters. The molecule has 0 atom stereocenters. The summed E-state index contributed by atoms with van der Waals surface area (Å²) >= 11 is 0. The molecule has 0 fully saturated rings. The van der Waals surface area contributed by atoms with Crippen LogP contribution in [-0.4, -0.2) is 24.9 Å². The minimum Gasteiger partial charge on any atom is -0.304 e. The molecule has 0 spiro atoms. The summed E-state index contributed by atoms with van der Waals surface area (Å²) < 4.78 is 0. The van der Waals surface area contributed by atoms with Crippen LogP contribution in [0.5, 0.6) is 0 Å².